The normalized spacial score (nSPS) is 39.7. The van der Waals surface area contributed by atoms with Crippen LogP contribution in [0.5, 0.6) is 5.75 Å². The molecular weight excluding hydrogens is 444 g/mol. The summed E-state index contributed by atoms with van der Waals surface area (Å²) in [5.41, 5.74) is 6.06. The van der Waals surface area contributed by atoms with E-state index < -0.39 is 0 Å². The average molecular weight is 485 g/mol. The van der Waals surface area contributed by atoms with Crippen molar-refractivity contribution in [1.29, 1.82) is 0 Å². The van der Waals surface area contributed by atoms with Gasteiger partial charge in [-0.2, -0.15) is 0 Å². The highest BCUT2D eigenvalue weighted by atomic mass is 16.6. The Morgan fingerprint density at radius 3 is 2.75 bits per heavy atom. The molecule has 4 bridgehead atoms. The maximum atomic E-state index is 7.18. The number of hydrogen-bond acceptors (Lipinski definition) is 4. The van der Waals surface area contributed by atoms with E-state index in [4.69, 9.17) is 9.47 Å². The van der Waals surface area contributed by atoms with Crippen LogP contribution >= 0.6 is 0 Å². The van der Waals surface area contributed by atoms with E-state index in [1.807, 2.05) is 7.11 Å². The molecular formula is C32H40N2O2. The molecule has 2 heterocycles. The van der Waals surface area contributed by atoms with Crippen LogP contribution in [0.2, 0.25) is 0 Å². The number of nitrogens with one attached hydrogen (secondary N) is 1. The third kappa shape index (κ3) is 2.66. The Morgan fingerprint density at radius 2 is 1.94 bits per heavy atom. The molecule has 4 saturated carbocycles. The van der Waals surface area contributed by atoms with Crippen molar-refractivity contribution < 1.29 is 9.47 Å². The van der Waals surface area contributed by atoms with Crippen LogP contribution in [0.25, 0.3) is 0 Å². The molecule has 4 nitrogen and oxygen atoms in total. The molecule has 5 aliphatic carbocycles. The van der Waals surface area contributed by atoms with Gasteiger partial charge in [0, 0.05) is 55.1 Å². The average Bonchev–Trinajstić information content (AvgIpc) is 3.64. The summed E-state index contributed by atoms with van der Waals surface area (Å²) < 4.78 is 13.9. The van der Waals surface area contributed by atoms with Crippen molar-refractivity contribution in [2.45, 2.75) is 81.6 Å². The van der Waals surface area contributed by atoms with E-state index in [1.165, 1.54) is 68.5 Å². The molecule has 4 heteroatoms. The number of methoxy groups -OCH3 is 1. The highest BCUT2D eigenvalue weighted by Crippen LogP contribution is 2.76. The predicted octanol–water partition coefficient (Wildman–Crippen LogP) is 5.01. The molecule has 0 aromatic heterocycles. The molecule has 0 unspecified atom stereocenters. The summed E-state index contributed by atoms with van der Waals surface area (Å²) >= 11 is 0. The summed E-state index contributed by atoms with van der Waals surface area (Å²) in [6.07, 6.45) is 9.13. The first-order chi connectivity index (χ1) is 17.6. The van der Waals surface area contributed by atoms with E-state index >= 15 is 0 Å². The number of likely N-dealkylation sites (tertiary alicyclic amines) is 1. The molecule has 5 fully saturated rings. The molecule has 1 N–H and O–H groups in total. The summed E-state index contributed by atoms with van der Waals surface area (Å²) in [4.78, 5) is 2.94. The summed E-state index contributed by atoms with van der Waals surface area (Å²) in [5.74, 6) is 2.63. The van der Waals surface area contributed by atoms with Gasteiger partial charge in [-0.3, -0.25) is 4.90 Å². The van der Waals surface area contributed by atoms with E-state index in [1.54, 1.807) is 11.1 Å². The van der Waals surface area contributed by atoms with Gasteiger partial charge >= 0.3 is 0 Å². The first-order valence-corrected chi connectivity index (χ1v) is 14.4. The molecule has 1 saturated heterocycles. The summed E-state index contributed by atoms with van der Waals surface area (Å²) in [7, 11) is 1.97. The van der Waals surface area contributed by atoms with Crippen LogP contribution in [-0.4, -0.2) is 49.4 Å². The molecule has 7 aliphatic rings. The van der Waals surface area contributed by atoms with E-state index in [0.29, 0.717) is 17.4 Å². The van der Waals surface area contributed by atoms with Crippen molar-refractivity contribution in [1.82, 2.24) is 10.2 Å². The lowest BCUT2D eigenvalue weighted by molar-refractivity contribution is -0.276. The van der Waals surface area contributed by atoms with Gasteiger partial charge in [0.25, 0.3) is 0 Å². The molecule has 2 spiro atoms. The fraction of sp³-hybridized carbons (Fsp3) is 0.625. The topological polar surface area (TPSA) is 33.7 Å². The number of piperidine rings is 1. The number of rotatable bonds is 7. The van der Waals surface area contributed by atoms with E-state index in [-0.39, 0.29) is 17.1 Å². The van der Waals surface area contributed by atoms with Gasteiger partial charge in [0.05, 0.1) is 0 Å². The third-order valence-corrected chi connectivity index (χ3v) is 11.6. The van der Waals surface area contributed by atoms with Gasteiger partial charge in [-0.05, 0) is 81.0 Å². The molecule has 190 valence electrons. The van der Waals surface area contributed by atoms with Crippen LogP contribution < -0.4 is 10.1 Å². The lowest BCUT2D eigenvalue weighted by Crippen LogP contribution is -2.81. The summed E-state index contributed by atoms with van der Waals surface area (Å²) in [5, 5.41) is 3.85. The molecule has 0 amide bonds. The van der Waals surface area contributed by atoms with Crippen molar-refractivity contribution in [3.05, 3.63) is 64.7 Å². The van der Waals surface area contributed by atoms with Crippen molar-refractivity contribution in [2.24, 2.45) is 17.3 Å². The zero-order chi connectivity index (χ0) is 24.1. The van der Waals surface area contributed by atoms with Gasteiger partial charge in [-0.1, -0.05) is 42.5 Å². The SMILES string of the molecule is CO[C@]12CC[C@@]3(C[C@H]1CNCc1ccccc1)[C@H]1Cc4ccc(C)c5c4[C@@]3(CCN1CC1CC1)[C@H]2O5. The maximum Gasteiger partial charge on any atom is 0.138 e. The fourth-order valence-electron chi connectivity index (χ4n) is 9.92. The quantitative estimate of drug-likeness (QED) is 0.599. The van der Waals surface area contributed by atoms with Crippen molar-refractivity contribution in [3.63, 3.8) is 0 Å². The van der Waals surface area contributed by atoms with Gasteiger partial charge < -0.3 is 14.8 Å². The molecule has 6 atom stereocenters. The summed E-state index contributed by atoms with van der Waals surface area (Å²) in [6.45, 7) is 6.71. The number of hydrogen-bond donors (Lipinski definition) is 1. The minimum absolute atomic E-state index is 0.122. The predicted molar refractivity (Wildman–Crippen MR) is 141 cm³/mol. The molecule has 2 aromatic rings. The van der Waals surface area contributed by atoms with Crippen molar-refractivity contribution >= 4 is 0 Å². The Bertz CT molecular complexity index is 1190. The second-order valence-electron chi connectivity index (χ2n) is 13.0. The Morgan fingerprint density at radius 1 is 1.08 bits per heavy atom. The highest BCUT2D eigenvalue weighted by Gasteiger charge is 2.80. The number of nitrogens with zero attached hydrogens (tertiary/aromatic N) is 1. The number of ether oxygens (including phenoxy) is 2. The minimum atomic E-state index is -0.214. The Kier molecular flexibility index (Phi) is 4.66. The van der Waals surface area contributed by atoms with Gasteiger partial charge in [0.15, 0.2) is 0 Å². The van der Waals surface area contributed by atoms with E-state index in [2.05, 4.69) is 59.6 Å². The monoisotopic (exact) mass is 484 g/mol. The third-order valence-electron chi connectivity index (χ3n) is 11.6. The van der Waals surface area contributed by atoms with Crippen LogP contribution in [0.1, 0.15) is 60.8 Å². The lowest BCUT2D eigenvalue weighted by atomic mass is 9.35. The van der Waals surface area contributed by atoms with Gasteiger partial charge in [-0.25, -0.2) is 0 Å². The van der Waals surface area contributed by atoms with Crippen molar-refractivity contribution in [2.75, 3.05) is 26.7 Å². The Balaban J connectivity index is 1.22. The zero-order valence-electron chi connectivity index (χ0n) is 21.9. The summed E-state index contributed by atoms with van der Waals surface area (Å²) in [6, 6.07) is 16.2. The van der Waals surface area contributed by atoms with Crippen LogP contribution in [0.3, 0.4) is 0 Å². The smallest absolute Gasteiger partial charge is 0.138 e. The second-order valence-corrected chi connectivity index (χ2v) is 13.0. The molecule has 0 radical (unpaired) electrons. The van der Waals surface area contributed by atoms with Gasteiger partial charge in [0.2, 0.25) is 0 Å². The first kappa shape index (κ1) is 22.1. The lowest BCUT2D eigenvalue weighted by Gasteiger charge is -2.74. The number of aryl methyl sites for hydroxylation is 1. The van der Waals surface area contributed by atoms with Crippen molar-refractivity contribution in [3.8, 4) is 5.75 Å². The van der Waals surface area contributed by atoms with Gasteiger partial charge in [-0.15, -0.1) is 0 Å². The Labute approximate surface area is 215 Å². The van der Waals surface area contributed by atoms with Crippen LogP contribution in [0.4, 0.5) is 0 Å². The zero-order valence-corrected chi connectivity index (χ0v) is 21.9. The Hall–Kier alpha value is -1.88. The highest BCUT2D eigenvalue weighted by molar-refractivity contribution is 5.61. The second kappa shape index (κ2) is 7.58. The van der Waals surface area contributed by atoms with E-state index in [0.717, 1.165) is 25.4 Å². The molecule has 36 heavy (non-hydrogen) atoms. The fourth-order valence-corrected chi connectivity index (χ4v) is 9.92. The minimum Gasteiger partial charge on any atom is -0.486 e. The number of benzene rings is 2. The van der Waals surface area contributed by atoms with Gasteiger partial charge in [0.1, 0.15) is 17.5 Å². The first-order valence-electron chi connectivity index (χ1n) is 14.4. The molecule has 2 aliphatic heterocycles. The number of fused-ring (bicyclic) bond motifs is 2. The maximum absolute atomic E-state index is 7.18. The van der Waals surface area contributed by atoms with Crippen LogP contribution in [0, 0.1) is 24.2 Å². The van der Waals surface area contributed by atoms with Crippen LogP contribution in [-0.2, 0) is 23.1 Å². The standard InChI is InChI=1S/C32H40N2O2/c1-21-8-11-24-16-26-30-12-13-32(35-2,25(17-30)19-33-18-22-6-4-3-5-7-22)29-31(30,27(24)28(21)36-29)14-15-34(26)20-23-9-10-23/h3-8,11,23,25-26,29,33H,9-10,12-20H2,1-2H3/t25-,26+,29+,30+,31-,32+/m0/s1. The molecule has 9 rings (SSSR count). The largest absolute Gasteiger partial charge is 0.486 e. The van der Waals surface area contributed by atoms with Crippen LogP contribution in [0.15, 0.2) is 42.5 Å². The van der Waals surface area contributed by atoms with E-state index in [9.17, 15) is 0 Å². The molecule has 2 aromatic carbocycles.